The van der Waals surface area contributed by atoms with E-state index in [4.69, 9.17) is 14.2 Å². The number of carbonyl (C=O) groups excluding carboxylic acids is 1. The number of nitrogens with zero attached hydrogens (tertiary/aromatic N) is 3. The molecule has 9 nitrogen and oxygen atoms in total. The number of ether oxygens (including phenoxy) is 3. The van der Waals surface area contributed by atoms with Crippen LogP contribution in [0, 0.1) is 5.92 Å². The van der Waals surface area contributed by atoms with Gasteiger partial charge in [-0.25, -0.2) is 0 Å². The number of para-hydroxylation sites is 2. The molecule has 0 bridgehead atoms. The monoisotopic (exact) mass is 596 g/mol. The van der Waals surface area contributed by atoms with E-state index >= 15 is 0 Å². The first-order valence-corrected chi connectivity index (χ1v) is 15.7. The van der Waals surface area contributed by atoms with Crippen molar-refractivity contribution in [1.82, 2.24) is 9.80 Å². The molecule has 0 aliphatic carbocycles. The Bertz CT molecular complexity index is 1230. The van der Waals surface area contributed by atoms with Crippen LogP contribution in [0.2, 0.25) is 0 Å². The minimum Gasteiger partial charge on any atom is -0.493 e. The standard InChI is InChI=1S/C34H49N3O6/c1-6-7-17-35(18-10-11-19-37(2,3)4)32(38)23-36-22-27(25-14-15-29-26(21-25)16-20-42-29)33(34(39)40)28(36)24-43-31-13-9-8-12-30(31)41-5/h8-9,12-15,21,27-28,33H,6-7,10-11,16-20,22-24H2,1-5H3/p+1/t27-,28+,33-/m1/s1. The number of hydrogen-bond acceptors (Lipinski definition) is 6. The molecule has 2 aromatic carbocycles. The van der Waals surface area contributed by atoms with E-state index in [9.17, 15) is 14.7 Å². The number of benzene rings is 2. The van der Waals surface area contributed by atoms with Crippen molar-refractivity contribution in [3.8, 4) is 17.2 Å². The Morgan fingerprint density at radius 2 is 1.81 bits per heavy atom. The second-order valence-electron chi connectivity index (χ2n) is 12.9. The van der Waals surface area contributed by atoms with Crippen LogP contribution < -0.4 is 14.2 Å². The van der Waals surface area contributed by atoms with Crippen molar-refractivity contribution >= 4 is 11.9 Å². The van der Waals surface area contributed by atoms with E-state index in [0.717, 1.165) is 60.0 Å². The zero-order valence-corrected chi connectivity index (χ0v) is 26.6. The fourth-order valence-electron chi connectivity index (χ4n) is 6.26. The number of aliphatic carboxylic acids is 1. The number of fused-ring (bicyclic) bond motifs is 1. The molecule has 2 aliphatic rings. The molecule has 43 heavy (non-hydrogen) atoms. The largest absolute Gasteiger partial charge is 0.493 e. The van der Waals surface area contributed by atoms with Gasteiger partial charge < -0.3 is 28.7 Å². The predicted molar refractivity (Wildman–Crippen MR) is 167 cm³/mol. The molecule has 1 fully saturated rings. The third-order valence-electron chi connectivity index (χ3n) is 8.63. The van der Waals surface area contributed by atoms with Crippen LogP contribution in [-0.2, 0) is 16.0 Å². The van der Waals surface area contributed by atoms with E-state index < -0.39 is 17.9 Å². The molecule has 236 valence electrons. The van der Waals surface area contributed by atoms with Gasteiger partial charge in [-0.3, -0.25) is 14.5 Å². The SMILES string of the molecule is CCCCN(CCCC[N+](C)(C)C)C(=O)CN1C[C@H](c2ccc3c(c2)CCO3)[C@@H](C(=O)O)[C@@H]1COc1ccccc1OC. The highest BCUT2D eigenvalue weighted by Crippen LogP contribution is 2.40. The van der Waals surface area contributed by atoms with Crippen LogP contribution in [0.3, 0.4) is 0 Å². The van der Waals surface area contributed by atoms with Crippen LogP contribution in [0.1, 0.15) is 49.7 Å². The Morgan fingerprint density at radius 3 is 2.51 bits per heavy atom. The van der Waals surface area contributed by atoms with Gasteiger partial charge in [-0.15, -0.1) is 0 Å². The molecule has 9 heteroatoms. The van der Waals surface area contributed by atoms with Gasteiger partial charge in [-0.1, -0.05) is 37.6 Å². The van der Waals surface area contributed by atoms with Crippen LogP contribution in [0.5, 0.6) is 17.2 Å². The van der Waals surface area contributed by atoms with Crippen molar-refractivity contribution < 1.29 is 33.4 Å². The van der Waals surface area contributed by atoms with Crippen LogP contribution in [0.25, 0.3) is 0 Å². The molecule has 2 aliphatic heterocycles. The molecule has 1 amide bonds. The van der Waals surface area contributed by atoms with E-state index in [-0.39, 0.29) is 25.0 Å². The smallest absolute Gasteiger partial charge is 0.308 e. The lowest BCUT2D eigenvalue weighted by Crippen LogP contribution is -2.47. The van der Waals surface area contributed by atoms with Crippen molar-refractivity contribution in [2.45, 2.75) is 51.0 Å². The maximum atomic E-state index is 13.8. The molecule has 1 N–H and O–H groups in total. The summed E-state index contributed by atoms with van der Waals surface area (Å²) in [6, 6.07) is 12.9. The summed E-state index contributed by atoms with van der Waals surface area (Å²) in [6.07, 6.45) is 4.76. The van der Waals surface area contributed by atoms with Gasteiger partial charge in [-0.2, -0.15) is 0 Å². The minimum atomic E-state index is -0.881. The number of unbranched alkanes of at least 4 members (excludes halogenated alkanes) is 2. The molecule has 2 aromatic rings. The number of carbonyl (C=O) groups is 2. The molecular formula is C34H50N3O6+. The van der Waals surface area contributed by atoms with Crippen LogP contribution in [0.15, 0.2) is 42.5 Å². The molecular weight excluding hydrogens is 546 g/mol. The van der Waals surface area contributed by atoms with Gasteiger partial charge in [-0.05, 0) is 48.6 Å². The number of methoxy groups -OCH3 is 1. The van der Waals surface area contributed by atoms with Crippen LogP contribution in [-0.4, -0.2) is 111 Å². The summed E-state index contributed by atoms with van der Waals surface area (Å²) in [4.78, 5) is 30.8. The molecule has 2 heterocycles. The first kappa shape index (κ1) is 32.6. The molecule has 0 aromatic heterocycles. The fourth-order valence-corrected chi connectivity index (χ4v) is 6.26. The summed E-state index contributed by atoms with van der Waals surface area (Å²) < 4.78 is 18.3. The summed E-state index contributed by atoms with van der Waals surface area (Å²) in [7, 11) is 8.14. The molecule has 4 rings (SSSR count). The van der Waals surface area contributed by atoms with E-state index in [1.165, 1.54) is 0 Å². The highest BCUT2D eigenvalue weighted by Gasteiger charge is 2.48. The maximum Gasteiger partial charge on any atom is 0.308 e. The number of amides is 1. The van der Waals surface area contributed by atoms with E-state index in [2.05, 4.69) is 34.1 Å². The van der Waals surface area contributed by atoms with Crippen molar-refractivity contribution in [2.24, 2.45) is 5.92 Å². The van der Waals surface area contributed by atoms with Crippen LogP contribution >= 0.6 is 0 Å². The maximum absolute atomic E-state index is 13.8. The number of rotatable bonds is 16. The van der Waals surface area contributed by atoms with Gasteiger partial charge in [0.15, 0.2) is 11.5 Å². The quantitative estimate of drug-likeness (QED) is 0.229. The average Bonchev–Trinajstić information content (AvgIpc) is 3.59. The van der Waals surface area contributed by atoms with E-state index in [0.29, 0.717) is 37.7 Å². The number of carboxylic acid groups (broad SMARTS) is 1. The fraction of sp³-hybridized carbons (Fsp3) is 0.588. The molecule has 3 atom stereocenters. The Kier molecular flexibility index (Phi) is 11.3. The van der Waals surface area contributed by atoms with Gasteiger partial charge in [0.05, 0.1) is 59.9 Å². The second kappa shape index (κ2) is 14.9. The lowest BCUT2D eigenvalue weighted by molar-refractivity contribution is -0.870. The third-order valence-corrected chi connectivity index (χ3v) is 8.63. The molecule has 0 radical (unpaired) electrons. The van der Waals surface area contributed by atoms with Gasteiger partial charge >= 0.3 is 5.97 Å². The number of quaternary nitrogens is 1. The zero-order valence-electron chi connectivity index (χ0n) is 26.6. The highest BCUT2D eigenvalue weighted by atomic mass is 16.5. The highest BCUT2D eigenvalue weighted by molar-refractivity contribution is 5.79. The van der Waals surface area contributed by atoms with Crippen molar-refractivity contribution in [3.05, 3.63) is 53.6 Å². The Labute approximate surface area is 256 Å². The summed E-state index contributed by atoms with van der Waals surface area (Å²) in [5.41, 5.74) is 2.08. The van der Waals surface area contributed by atoms with E-state index in [1.807, 2.05) is 46.2 Å². The second-order valence-corrected chi connectivity index (χ2v) is 12.9. The van der Waals surface area contributed by atoms with E-state index in [1.54, 1.807) is 7.11 Å². The van der Waals surface area contributed by atoms with Crippen molar-refractivity contribution in [3.63, 3.8) is 0 Å². The topological polar surface area (TPSA) is 88.5 Å². The lowest BCUT2D eigenvalue weighted by atomic mass is 9.84. The zero-order chi connectivity index (χ0) is 31.0. The minimum absolute atomic E-state index is 0.0492. The average molecular weight is 597 g/mol. The predicted octanol–water partition coefficient (Wildman–Crippen LogP) is 4.29. The summed E-state index contributed by atoms with van der Waals surface area (Å²) >= 11 is 0. The Hall–Kier alpha value is -3.30. The summed E-state index contributed by atoms with van der Waals surface area (Å²) in [6.45, 7) is 6.02. The summed E-state index contributed by atoms with van der Waals surface area (Å²) in [5.74, 6) is 0.160. The van der Waals surface area contributed by atoms with Crippen LogP contribution in [0.4, 0.5) is 0 Å². The van der Waals surface area contributed by atoms with Gasteiger partial charge in [0.25, 0.3) is 0 Å². The van der Waals surface area contributed by atoms with Gasteiger partial charge in [0, 0.05) is 32.0 Å². The van der Waals surface area contributed by atoms with Crippen molar-refractivity contribution in [2.75, 3.05) is 74.2 Å². The van der Waals surface area contributed by atoms with Gasteiger partial charge in [0.1, 0.15) is 12.4 Å². The van der Waals surface area contributed by atoms with Crippen molar-refractivity contribution in [1.29, 1.82) is 0 Å². The Morgan fingerprint density at radius 1 is 1.07 bits per heavy atom. The Balaban J connectivity index is 1.56. The number of likely N-dealkylation sites (tertiary alicyclic amines) is 1. The number of carboxylic acids is 1. The molecule has 0 spiro atoms. The summed E-state index contributed by atoms with van der Waals surface area (Å²) in [5, 5.41) is 10.6. The number of hydrogen-bond donors (Lipinski definition) is 1. The first-order valence-electron chi connectivity index (χ1n) is 15.7. The molecule has 1 saturated heterocycles. The first-order chi connectivity index (χ1) is 20.6. The lowest BCUT2D eigenvalue weighted by Gasteiger charge is -2.30. The molecule has 0 saturated carbocycles. The molecule has 0 unspecified atom stereocenters. The van der Waals surface area contributed by atoms with Gasteiger partial charge in [0.2, 0.25) is 5.91 Å². The third kappa shape index (κ3) is 8.63. The normalized spacial score (nSPS) is 20.0.